The maximum Gasteiger partial charge on any atom is 0.126 e. The summed E-state index contributed by atoms with van der Waals surface area (Å²) in [7, 11) is 1.98. The summed E-state index contributed by atoms with van der Waals surface area (Å²) in [5.41, 5.74) is 9.40. The Morgan fingerprint density at radius 1 is 1.40 bits per heavy atom. The minimum Gasteiger partial charge on any atom is -0.368 e. The largest absolute Gasteiger partial charge is 0.368 e. The molecule has 1 atom stereocenters. The first-order valence-corrected chi connectivity index (χ1v) is 7.44. The van der Waals surface area contributed by atoms with Crippen molar-refractivity contribution in [2.75, 3.05) is 11.9 Å². The Bertz CT molecular complexity index is 607. The van der Waals surface area contributed by atoms with Gasteiger partial charge in [0.2, 0.25) is 0 Å². The van der Waals surface area contributed by atoms with Crippen LogP contribution in [0.15, 0.2) is 17.5 Å². The SMILES string of the molecule is Cc1nc(CN(C)c2cc(C)c(F)cc2[C@@H](C)N)cs1. The third-order valence-corrected chi connectivity index (χ3v) is 4.10. The van der Waals surface area contributed by atoms with E-state index in [1.165, 1.54) is 6.07 Å². The van der Waals surface area contributed by atoms with E-state index in [-0.39, 0.29) is 11.9 Å². The summed E-state index contributed by atoms with van der Waals surface area (Å²) in [6.07, 6.45) is 0. The summed E-state index contributed by atoms with van der Waals surface area (Å²) in [6, 6.07) is 3.19. The molecule has 0 spiro atoms. The van der Waals surface area contributed by atoms with Gasteiger partial charge >= 0.3 is 0 Å². The fourth-order valence-electron chi connectivity index (χ4n) is 2.19. The molecule has 108 valence electrons. The van der Waals surface area contributed by atoms with Crippen molar-refractivity contribution in [1.82, 2.24) is 4.98 Å². The number of aromatic nitrogens is 1. The third kappa shape index (κ3) is 3.16. The minimum absolute atomic E-state index is 0.209. The van der Waals surface area contributed by atoms with E-state index in [2.05, 4.69) is 9.88 Å². The predicted molar refractivity (Wildman–Crippen MR) is 82.7 cm³/mol. The highest BCUT2D eigenvalue weighted by atomic mass is 32.1. The summed E-state index contributed by atoms with van der Waals surface area (Å²) in [4.78, 5) is 6.53. The van der Waals surface area contributed by atoms with Crippen LogP contribution < -0.4 is 10.6 Å². The van der Waals surface area contributed by atoms with E-state index >= 15 is 0 Å². The van der Waals surface area contributed by atoms with E-state index in [4.69, 9.17) is 5.73 Å². The molecular formula is C15H20FN3S. The maximum absolute atomic E-state index is 13.7. The lowest BCUT2D eigenvalue weighted by molar-refractivity contribution is 0.612. The molecule has 3 nitrogen and oxygen atoms in total. The fraction of sp³-hybridized carbons (Fsp3) is 0.400. The molecule has 0 aliphatic rings. The van der Waals surface area contributed by atoms with Gasteiger partial charge < -0.3 is 10.6 Å². The average molecular weight is 293 g/mol. The molecule has 0 aliphatic heterocycles. The first kappa shape index (κ1) is 14.9. The molecule has 0 aliphatic carbocycles. The van der Waals surface area contributed by atoms with Crippen molar-refractivity contribution < 1.29 is 4.39 Å². The molecule has 0 amide bonds. The Hall–Kier alpha value is -1.46. The van der Waals surface area contributed by atoms with E-state index < -0.39 is 0 Å². The molecule has 2 rings (SSSR count). The minimum atomic E-state index is -0.209. The molecule has 0 fully saturated rings. The summed E-state index contributed by atoms with van der Waals surface area (Å²) in [5, 5.41) is 3.10. The van der Waals surface area contributed by atoms with Crippen LogP contribution in [0, 0.1) is 19.7 Å². The first-order valence-electron chi connectivity index (χ1n) is 6.56. The third-order valence-electron chi connectivity index (χ3n) is 3.28. The number of anilines is 1. The van der Waals surface area contributed by atoms with E-state index in [1.54, 1.807) is 18.3 Å². The second-order valence-corrected chi connectivity index (χ2v) is 6.23. The highest BCUT2D eigenvalue weighted by Gasteiger charge is 2.15. The van der Waals surface area contributed by atoms with Crippen LogP contribution in [-0.2, 0) is 6.54 Å². The highest BCUT2D eigenvalue weighted by Crippen LogP contribution is 2.28. The van der Waals surface area contributed by atoms with Gasteiger partial charge in [0.05, 0.1) is 17.2 Å². The number of benzene rings is 1. The Morgan fingerprint density at radius 3 is 2.65 bits per heavy atom. The second kappa shape index (κ2) is 5.89. The van der Waals surface area contributed by atoms with E-state index in [0.29, 0.717) is 12.1 Å². The lowest BCUT2D eigenvalue weighted by Crippen LogP contribution is -2.21. The molecule has 0 saturated carbocycles. The smallest absolute Gasteiger partial charge is 0.126 e. The molecule has 5 heteroatoms. The molecule has 1 aromatic heterocycles. The Kier molecular flexibility index (Phi) is 4.40. The van der Waals surface area contributed by atoms with Gasteiger partial charge in [0.25, 0.3) is 0 Å². The quantitative estimate of drug-likeness (QED) is 0.937. The van der Waals surface area contributed by atoms with Crippen molar-refractivity contribution in [3.05, 3.63) is 45.2 Å². The molecule has 0 bridgehead atoms. The zero-order valence-electron chi connectivity index (χ0n) is 12.3. The predicted octanol–water partition coefficient (Wildman–Crippen LogP) is 3.56. The van der Waals surface area contributed by atoms with Crippen LogP contribution in [-0.4, -0.2) is 12.0 Å². The van der Waals surface area contributed by atoms with Gasteiger partial charge in [-0.2, -0.15) is 0 Å². The summed E-state index contributed by atoms with van der Waals surface area (Å²) < 4.78 is 13.7. The number of halogens is 1. The number of nitrogens with zero attached hydrogens (tertiary/aromatic N) is 2. The summed E-state index contributed by atoms with van der Waals surface area (Å²) in [5.74, 6) is -0.209. The van der Waals surface area contributed by atoms with Gasteiger partial charge in [0.1, 0.15) is 5.82 Å². The second-order valence-electron chi connectivity index (χ2n) is 5.16. The number of thiazole rings is 1. The Labute approximate surface area is 123 Å². The summed E-state index contributed by atoms with van der Waals surface area (Å²) >= 11 is 1.64. The van der Waals surface area contributed by atoms with Crippen molar-refractivity contribution in [3.63, 3.8) is 0 Å². The molecule has 0 saturated heterocycles. The van der Waals surface area contributed by atoms with Crippen LogP contribution in [0.5, 0.6) is 0 Å². The number of hydrogen-bond acceptors (Lipinski definition) is 4. The van der Waals surface area contributed by atoms with Crippen LogP contribution in [0.3, 0.4) is 0 Å². The van der Waals surface area contributed by atoms with Crippen LogP contribution >= 0.6 is 11.3 Å². The van der Waals surface area contributed by atoms with Gasteiger partial charge in [-0.05, 0) is 44.0 Å². The zero-order valence-corrected chi connectivity index (χ0v) is 13.1. The van der Waals surface area contributed by atoms with E-state index in [9.17, 15) is 4.39 Å². The monoisotopic (exact) mass is 293 g/mol. The molecular weight excluding hydrogens is 273 g/mol. The van der Waals surface area contributed by atoms with Crippen molar-refractivity contribution in [2.24, 2.45) is 5.73 Å². The van der Waals surface area contributed by atoms with Gasteiger partial charge in [0, 0.05) is 24.2 Å². The average Bonchev–Trinajstić information content (AvgIpc) is 2.77. The van der Waals surface area contributed by atoms with Crippen molar-refractivity contribution in [3.8, 4) is 0 Å². The number of nitrogens with two attached hydrogens (primary N) is 1. The van der Waals surface area contributed by atoms with Crippen molar-refractivity contribution >= 4 is 17.0 Å². The van der Waals surface area contributed by atoms with E-state index in [1.807, 2.05) is 32.3 Å². The highest BCUT2D eigenvalue weighted by molar-refractivity contribution is 7.09. The molecule has 1 aromatic carbocycles. The number of aryl methyl sites for hydroxylation is 2. The molecule has 0 unspecified atom stereocenters. The first-order chi connectivity index (χ1) is 9.38. The van der Waals surface area contributed by atoms with Crippen molar-refractivity contribution in [1.29, 1.82) is 0 Å². The van der Waals surface area contributed by atoms with Gasteiger partial charge in [-0.15, -0.1) is 11.3 Å². The number of hydrogen-bond donors (Lipinski definition) is 1. The molecule has 2 N–H and O–H groups in total. The standard InChI is InChI=1S/C15H20FN3S/c1-9-5-15(13(10(2)17)6-14(9)16)19(4)7-12-8-20-11(3)18-12/h5-6,8,10H,7,17H2,1-4H3/t10-/m1/s1. The van der Waals surface area contributed by atoms with Gasteiger partial charge in [-0.1, -0.05) is 0 Å². The maximum atomic E-state index is 13.7. The summed E-state index contributed by atoms with van der Waals surface area (Å²) in [6.45, 7) is 6.32. The lowest BCUT2D eigenvalue weighted by Gasteiger charge is -2.24. The van der Waals surface area contributed by atoms with Crippen LogP contribution in [0.1, 0.15) is 34.8 Å². The molecule has 0 radical (unpaired) electrons. The lowest BCUT2D eigenvalue weighted by atomic mass is 10.0. The van der Waals surface area contributed by atoms with Gasteiger partial charge in [-0.25, -0.2) is 9.37 Å². The van der Waals surface area contributed by atoms with Crippen molar-refractivity contribution in [2.45, 2.75) is 33.4 Å². The van der Waals surface area contributed by atoms with Crippen LogP contribution in [0.2, 0.25) is 0 Å². The zero-order chi connectivity index (χ0) is 14.9. The molecule has 1 heterocycles. The fourth-order valence-corrected chi connectivity index (χ4v) is 2.79. The Balaban J connectivity index is 2.33. The van der Waals surface area contributed by atoms with Gasteiger partial charge in [-0.3, -0.25) is 0 Å². The van der Waals surface area contributed by atoms with Crippen LogP contribution in [0.25, 0.3) is 0 Å². The topological polar surface area (TPSA) is 42.2 Å². The Morgan fingerprint density at radius 2 is 2.10 bits per heavy atom. The van der Waals surface area contributed by atoms with Crippen LogP contribution in [0.4, 0.5) is 10.1 Å². The normalized spacial score (nSPS) is 12.5. The number of rotatable bonds is 4. The molecule has 20 heavy (non-hydrogen) atoms. The van der Waals surface area contributed by atoms with Gasteiger partial charge in [0.15, 0.2) is 0 Å². The molecule has 2 aromatic rings. The van der Waals surface area contributed by atoms with E-state index in [0.717, 1.165) is 22.0 Å².